The zero-order valence-corrected chi connectivity index (χ0v) is 83.2. The van der Waals surface area contributed by atoms with Gasteiger partial charge in [-0.2, -0.15) is 43.1 Å². The van der Waals surface area contributed by atoms with Gasteiger partial charge in [0.15, 0.2) is 11.6 Å². The van der Waals surface area contributed by atoms with E-state index in [1.54, 1.807) is 104 Å². The highest BCUT2D eigenvalue weighted by molar-refractivity contribution is 7.99. The number of nitrogens with two attached hydrogens (primary N) is 6. The lowest BCUT2D eigenvalue weighted by molar-refractivity contribution is -0.139. The van der Waals surface area contributed by atoms with E-state index in [9.17, 15) is 17.6 Å². The number of alkyl halides is 3. The molecular weight excluding hydrogens is 1930 g/mol. The molecule has 18 N–H and O–H groups in total. The molecule has 0 fully saturated rings. The normalized spacial score (nSPS) is 10.7. The molecule has 0 radical (unpaired) electrons. The Hall–Kier alpha value is -18.4. The summed E-state index contributed by atoms with van der Waals surface area (Å²) >= 11 is 4.61. The lowest BCUT2D eigenvalue weighted by Gasteiger charge is -2.15. The lowest BCUT2D eigenvalue weighted by atomic mass is 10.1. The number of nitrogen functional groups attached to an aromatic ring is 6. The highest BCUT2D eigenvalue weighted by Crippen LogP contribution is 2.42. The Morgan fingerprint density at radius 2 is 0.595 bits per heavy atom. The third-order valence-corrected chi connectivity index (χ3v) is 24.2. The average Bonchev–Trinajstić information content (AvgIpc) is 0.808. The molecule has 0 aliphatic rings. The number of pyridine rings is 6. The number of thioether (sulfide) groups is 2. The molecule has 39 heteroatoms. The fourth-order valence-corrected chi connectivity index (χ4v) is 16.9. The highest BCUT2D eigenvalue weighted by atomic mass is 32.2. The van der Waals surface area contributed by atoms with Gasteiger partial charge in [-0.05, 0) is 253 Å². The molecule has 32 nitrogen and oxygen atoms in total. The molecule has 12 aromatic heterocycles. The molecule has 0 aliphatic carbocycles. The third-order valence-electron chi connectivity index (χ3n) is 21.0. The van der Waals surface area contributed by atoms with Crippen molar-refractivity contribution in [2.45, 2.75) is 91.6 Å². The first-order chi connectivity index (χ1) is 71.6. The Kier molecular flexibility index (Phi) is 35.8. The summed E-state index contributed by atoms with van der Waals surface area (Å²) in [5, 5.41) is 22.6. The summed E-state index contributed by atoms with van der Waals surface area (Å²) in [5.74, 6) is 8.47. The predicted molar refractivity (Wildman–Crippen MR) is 582 cm³/mol. The monoisotopic (exact) mass is 2030 g/mol. The molecule has 744 valence electrons. The van der Waals surface area contributed by atoms with Crippen molar-refractivity contribution in [1.82, 2.24) is 89.7 Å². The van der Waals surface area contributed by atoms with Crippen LogP contribution in [0, 0.1) is 47.4 Å². The molecule has 0 bridgehead atoms. The number of nitrogens with one attached hydrogen (secondary N) is 6. The van der Waals surface area contributed by atoms with Gasteiger partial charge >= 0.3 is 6.18 Å². The number of rotatable bonds is 27. The standard InChI is InChI=1S/C20H16FN5O.C20H17N5O.C18H19N5.C17H14F3N5S.2C17H17N5S/c1-12-9-19(26-20(22)24-12)25-14-5-6-18(16(21)10-14)27-17-4-2-3-13-11-23-8-7-15(13)17;1-13-11-19(25-20(21)23-13)24-15-5-7-16(8-6-15)26-18-4-2-3-14-12-22-10-9-17(14)18;1-13-12-17(23-18(19)21-13)22-16-6-4-14(5-7-16)2-3-15-8-10-20-11-9-15;1-10-8-15(25-16(21)23-10)24-11-2-3-14(13(9-11)17(18,19)20)26-12-4-6-22-7-5-12;1-12-10-16(22-17(18)20-12)21-14-2-4-15(5-3-14)23-11-13-6-8-19-9-7-13;1-12-10-16(22-17(18)20-12)21-14-4-2-13(3-5-14)11-23-15-6-8-19-9-7-15/h2-11H,1H3,(H3,22,24,25,26);2-12H,1H3,(H3,21,23,24,25);4-12H,2-3H2,1H3,(H3,19,21,22,23);2-9H,1H3,(H3,21,23,24,25);2*2-10H,11H2,1H3,(H3,18,20,21,22). The van der Waals surface area contributed by atoms with Gasteiger partial charge in [-0.25, -0.2) is 34.3 Å². The molecule has 148 heavy (non-hydrogen) atoms. The van der Waals surface area contributed by atoms with Gasteiger partial charge in [-0.1, -0.05) is 60.3 Å². The maximum Gasteiger partial charge on any atom is 0.417 e. The molecule has 0 saturated heterocycles. The molecule has 20 rings (SSSR count). The van der Waals surface area contributed by atoms with Crippen LogP contribution < -0.4 is 75.8 Å². The van der Waals surface area contributed by atoms with Gasteiger partial charge in [0.25, 0.3) is 0 Å². The number of hydrogen-bond donors (Lipinski definition) is 12. The minimum Gasteiger partial charge on any atom is -0.457 e. The third kappa shape index (κ3) is 32.6. The van der Waals surface area contributed by atoms with Crippen LogP contribution in [-0.2, 0) is 30.5 Å². The van der Waals surface area contributed by atoms with Crippen molar-refractivity contribution in [3.63, 3.8) is 0 Å². The van der Waals surface area contributed by atoms with Crippen LogP contribution in [0.25, 0.3) is 21.5 Å². The molecule has 20 aromatic rings. The summed E-state index contributed by atoms with van der Waals surface area (Å²) in [6.07, 6.45) is 18.5. The summed E-state index contributed by atoms with van der Waals surface area (Å²) in [6, 6.07) is 82.7. The van der Waals surface area contributed by atoms with Crippen LogP contribution in [-0.4, -0.2) is 89.7 Å². The van der Waals surface area contributed by atoms with Gasteiger partial charge in [-0.3, -0.25) is 29.9 Å². The Bertz CT molecular complexity index is 7350. The van der Waals surface area contributed by atoms with Crippen molar-refractivity contribution in [3.8, 4) is 23.0 Å². The van der Waals surface area contributed by atoms with Gasteiger partial charge < -0.3 is 75.8 Å². The fourth-order valence-electron chi connectivity index (χ4n) is 14.3. The topological polar surface area (TPSA) is 479 Å². The number of anilines is 18. The second-order valence-electron chi connectivity index (χ2n) is 32.7. The zero-order valence-electron chi connectivity index (χ0n) is 80.7. The lowest BCUT2D eigenvalue weighted by Crippen LogP contribution is -2.08. The molecule has 0 atom stereocenters. The first-order valence-corrected chi connectivity index (χ1v) is 48.6. The molecule has 0 spiro atoms. The highest BCUT2D eigenvalue weighted by Gasteiger charge is 2.34. The van der Waals surface area contributed by atoms with Crippen LogP contribution in [0.1, 0.15) is 62.0 Å². The van der Waals surface area contributed by atoms with Gasteiger partial charge in [-0.15, -0.1) is 23.5 Å². The summed E-state index contributed by atoms with van der Waals surface area (Å²) < 4.78 is 66.9. The molecule has 0 unspecified atom stereocenters. The van der Waals surface area contributed by atoms with Crippen LogP contribution >= 0.6 is 35.3 Å². The Labute approximate surface area is 862 Å². The van der Waals surface area contributed by atoms with Crippen molar-refractivity contribution >= 4 is 162 Å². The van der Waals surface area contributed by atoms with E-state index in [4.69, 9.17) is 43.9 Å². The Morgan fingerprint density at radius 1 is 0.284 bits per heavy atom. The summed E-state index contributed by atoms with van der Waals surface area (Å²) in [4.78, 5) is 76.3. The van der Waals surface area contributed by atoms with Crippen molar-refractivity contribution in [2.24, 2.45) is 0 Å². The molecule has 12 heterocycles. The summed E-state index contributed by atoms with van der Waals surface area (Å²) in [6.45, 7) is 11.1. The van der Waals surface area contributed by atoms with Gasteiger partial charge in [0.1, 0.15) is 52.2 Å². The molecular formula is C109H100F4N30O2S3. The fraction of sp³-hybridized carbons (Fsp3) is 0.101. The molecule has 0 amide bonds. The van der Waals surface area contributed by atoms with E-state index < -0.39 is 17.6 Å². The Balaban J connectivity index is 0.000000133. The Morgan fingerprint density at radius 3 is 0.986 bits per heavy atom. The number of ether oxygens (including phenoxy) is 2. The smallest absolute Gasteiger partial charge is 0.417 e. The number of nitrogens with zero attached hydrogens (tertiary/aromatic N) is 18. The second kappa shape index (κ2) is 51.0. The largest absolute Gasteiger partial charge is 0.457 e. The summed E-state index contributed by atoms with van der Waals surface area (Å²) in [7, 11) is 0. The van der Waals surface area contributed by atoms with Crippen molar-refractivity contribution in [1.29, 1.82) is 0 Å². The number of aryl methyl sites for hydroxylation is 8. The van der Waals surface area contributed by atoms with Crippen molar-refractivity contribution < 1.29 is 27.0 Å². The minimum atomic E-state index is -4.49. The van der Waals surface area contributed by atoms with E-state index >= 15 is 0 Å². The molecule has 0 saturated carbocycles. The average molecular weight is 2030 g/mol. The quantitative estimate of drug-likeness (QED) is 0.0168. The van der Waals surface area contributed by atoms with E-state index in [-0.39, 0.29) is 52.0 Å². The van der Waals surface area contributed by atoms with Crippen LogP contribution in [0.15, 0.2) is 361 Å². The van der Waals surface area contributed by atoms with Crippen LogP contribution in [0.2, 0.25) is 0 Å². The number of aromatic nitrogens is 18. The van der Waals surface area contributed by atoms with E-state index in [2.05, 4.69) is 182 Å². The van der Waals surface area contributed by atoms with E-state index in [0.717, 1.165) is 126 Å². The van der Waals surface area contributed by atoms with Gasteiger partial charge in [0.05, 0.1) is 5.56 Å². The number of halogens is 4. The maximum absolute atomic E-state index is 14.6. The van der Waals surface area contributed by atoms with Crippen molar-refractivity contribution in [2.75, 3.05) is 66.3 Å². The second-order valence-corrected chi connectivity index (χ2v) is 35.9. The number of benzene rings is 8. The van der Waals surface area contributed by atoms with E-state index in [1.807, 2.05) is 211 Å². The summed E-state index contributed by atoms with van der Waals surface area (Å²) in [5.41, 5.74) is 47.5. The van der Waals surface area contributed by atoms with Crippen LogP contribution in [0.5, 0.6) is 23.0 Å². The zero-order chi connectivity index (χ0) is 104. The van der Waals surface area contributed by atoms with Crippen LogP contribution in [0.4, 0.5) is 122 Å². The first kappa shape index (κ1) is 104. The van der Waals surface area contributed by atoms with Crippen LogP contribution in [0.3, 0.4) is 0 Å². The molecule has 8 aromatic carbocycles. The van der Waals surface area contributed by atoms with Gasteiger partial charge in [0, 0.05) is 238 Å². The predicted octanol–water partition coefficient (Wildman–Crippen LogP) is 24.6. The number of fused-ring (bicyclic) bond motifs is 2. The molecule has 0 aliphatic heterocycles. The minimum absolute atomic E-state index is 0.0495. The first-order valence-electron chi connectivity index (χ1n) is 45.8. The maximum atomic E-state index is 14.6. The van der Waals surface area contributed by atoms with Gasteiger partial charge in [0.2, 0.25) is 35.7 Å². The SMILES string of the molecule is Cc1cc(Nc2ccc(CCc3ccncc3)cc2)nc(N)n1.Cc1cc(Nc2ccc(CSc3ccncc3)cc2)nc(N)n1.Cc1cc(Nc2ccc(Oc3cccc4cnccc34)c(F)c2)nc(N)n1.Cc1cc(Nc2ccc(Oc3cccc4cnccc34)cc2)nc(N)n1.Cc1cc(Nc2ccc(SCc3ccncc3)cc2)nc(N)n1.Cc1cc(Nc2ccc(Sc3ccncc3)c(C(F)(F)F)c2)nc(N)n1. The van der Waals surface area contributed by atoms with Crippen molar-refractivity contribution in [3.05, 3.63) is 409 Å². The number of hydrogen-bond acceptors (Lipinski definition) is 35. The van der Waals surface area contributed by atoms with E-state index in [1.165, 1.54) is 56.6 Å². The van der Waals surface area contributed by atoms with E-state index in [0.29, 0.717) is 56.9 Å².